The quantitative estimate of drug-likeness (QED) is 0.835. The molecule has 2 heterocycles. The van der Waals surface area contributed by atoms with Crippen LogP contribution in [0, 0.1) is 0 Å². The molecule has 0 aliphatic carbocycles. The smallest absolute Gasteiger partial charge is 0.410 e. The number of nitrogens with zero attached hydrogens (tertiary/aromatic N) is 3. The maximum absolute atomic E-state index is 11.7. The van der Waals surface area contributed by atoms with E-state index in [1.54, 1.807) is 11.0 Å². The summed E-state index contributed by atoms with van der Waals surface area (Å²) in [5, 5.41) is 0. The molecule has 0 saturated carbocycles. The van der Waals surface area contributed by atoms with Crippen LogP contribution < -0.4 is 9.47 Å². The highest BCUT2D eigenvalue weighted by atomic mass is 16.6. The molecule has 0 atom stereocenters. The van der Waals surface area contributed by atoms with Gasteiger partial charge in [0.05, 0.1) is 26.3 Å². The number of likely N-dealkylation sites (tertiary alicyclic amines) is 1. The summed E-state index contributed by atoms with van der Waals surface area (Å²) in [6, 6.07) is 1.61. The van der Waals surface area contributed by atoms with Gasteiger partial charge in [-0.15, -0.1) is 0 Å². The Kier molecular flexibility index (Phi) is 3.96. The van der Waals surface area contributed by atoms with E-state index >= 15 is 0 Å². The molecule has 1 aliphatic heterocycles. The lowest BCUT2D eigenvalue weighted by atomic mass is 10.2. The Labute approximate surface area is 117 Å². The Morgan fingerprint density at radius 1 is 1.30 bits per heavy atom. The lowest BCUT2D eigenvalue weighted by molar-refractivity contribution is -0.0233. The normalized spacial score (nSPS) is 15.5. The van der Waals surface area contributed by atoms with Crippen molar-refractivity contribution in [3.05, 3.63) is 12.4 Å². The maximum Gasteiger partial charge on any atom is 0.410 e. The fraction of sp³-hybridized carbons (Fsp3) is 0.615. The highest BCUT2D eigenvalue weighted by Crippen LogP contribution is 2.20. The van der Waals surface area contributed by atoms with Crippen molar-refractivity contribution < 1.29 is 19.0 Å². The number of hydrogen-bond donors (Lipinski definition) is 0. The number of carbonyl (C=O) groups is 1. The van der Waals surface area contributed by atoms with Gasteiger partial charge in [0, 0.05) is 0 Å². The lowest BCUT2D eigenvalue weighted by Gasteiger charge is -2.39. The first-order valence-electron chi connectivity index (χ1n) is 6.38. The molecule has 1 saturated heterocycles. The van der Waals surface area contributed by atoms with Crippen LogP contribution in [0.15, 0.2) is 12.4 Å². The SMILES string of the molecule is COc1cc(OC2CN(C(=O)OC(C)(C)C)C2)ncn1. The van der Waals surface area contributed by atoms with Crippen molar-refractivity contribution in [3.8, 4) is 11.8 Å². The first-order chi connectivity index (χ1) is 9.37. The minimum Gasteiger partial charge on any atom is -0.481 e. The summed E-state index contributed by atoms with van der Waals surface area (Å²) in [5.41, 5.74) is -0.483. The molecular formula is C13H19N3O4. The highest BCUT2D eigenvalue weighted by Gasteiger charge is 2.35. The molecule has 1 aromatic heterocycles. The molecule has 1 amide bonds. The molecule has 1 aliphatic rings. The molecule has 0 unspecified atom stereocenters. The minimum absolute atomic E-state index is 0.0814. The Hall–Kier alpha value is -2.05. The summed E-state index contributed by atoms with van der Waals surface area (Å²) < 4.78 is 15.9. The van der Waals surface area contributed by atoms with Gasteiger partial charge in [-0.25, -0.2) is 14.8 Å². The van der Waals surface area contributed by atoms with Gasteiger partial charge < -0.3 is 19.1 Å². The number of ether oxygens (including phenoxy) is 3. The third-order valence-corrected chi connectivity index (χ3v) is 2.61. The molecule has 20 heavy (non-hydrogen) atoms. The number of methoxy groups -OCH3 is 1. The number of aromatic nitrogens is 2. The molecule has 7 nitrogen and oxygen atoms in total. The number of carbonyl (C=O) groups excluding carboxylic acids is 1. The standard InChI is InChI=1S/C13H19N3O4/c1-13(2,3)20-12(17)16-6-9(7-16)19-11-5-10(18-4)14-8-15-11/h5,8-9H,6-7H2,1-4H3. The van der Waals surface area contributed by atoms with Crippen LogP contribution in [0.5, 0.6) is 11.8 Å². The van der Waals surface area contributed by atoms with E-state index in [1.165, 1.54) is 13.4 Å². The number of amides is 1. The Morgan fingerprint density at radius 3 is 2.55 bits per heavy atom. The Balaban J connectivity index is 1.80. The van der Waals surface area contributed by atoms with Crippen molar-refractivity contribution in [2.45, 2.75) is 32.5 Å². The van der Waals surface area contributed by atoms with Gasteiger partial charge in [0.1, 0.15) is 18.0 Å². The van der Waals surface area contributed by atoms with Crippen LogP contribution in [-0.2, 0) is 4.74 Å². The largest absolute Gasteiger partial charge is 0.481 e. The van der Waals surface area contributed by atoms with Gasteiger partial charge in [-0.1, -0.05) is 0 Å². The van der Waals surface area contributed by atoms with E-state index < -0.39 is 5.60 Å². The van der Waals surface area contributed by atoms with E-state index in [2.05, 4.69) is 9.97 Å². The van der Waals surface area contributed by atoms with Gasteiger partial charge in [0.25, 0.3) is 0 Å². The molecule has 0 spiro atoms. The van der Waals surface area contributed by atoms with E-state index in [-0.39, 0.29) is 12.2 Å². The third-order valence-electron chi connectivity index (χ3n) is 2.61. The molecule has 110 valence electrons. The molecular weight excluding hydrogens is 262 g/mol. The second-order valence-corrected chi connectivity index (χ2v) is 5.52. The molecule has 0 aromatic carbocycles. The van der Waals surface area contributed by atoms with Crippen molar-refractivity contribution in [2.24, 2.45) is 0 Å². The van der Waals surface area contributed by atoms with E-state index in [4.69, 9.17) is 14.2 Å². The van der Waals surface area contributed by atoms with Gasteiger partial charge in [0.2, 0.25) is 11.8 Å². The van der Waals surface area contributed by atoms with Crippen LogP contribution in [0.25, 0.3) is 0 Å². The van der Waals surface area contributed by atoms with Gasteiger partial charge in [-0.3, -0.25) is 0 Å². The van der Waals surface area contributed by atoms with Crippen LogP contribution in [0.2, 0.25) is 0 Å². The van der Waals surface area contributed by atoms with Crippen molar-refractivity contribution in [1.29, 1.82) is 0 Å². The summed E-state index contributed by atoms with van der Waals surface area (Å²) in [6.45, 7) is 6.49. The summed E-state index contributed by atoms with van der Waals surface area (Å²) in [4.78, 5) is 21.2. The number of hydrogen-bond acceptors (Lipinski definition) is 6. The zero-order valence-corrected chi connectivity index (χ0v) is 12.1. The third kappa shape index (κ3) is 3.72. The predicted octanol–water partition coefficient (Wildman–Crippen LogP) is 1.48. The zero-order chi connectivity index (χ0) is 14.8. The van der Waals surface area contributed by atoms with Crippen LogP contribution >= 0.6 is 0 Å². The molecule has 0 bridgehead atoms. The zero-order valence-electron chi connectivity index (χ0n) is 12.1. The van der Waals surface area contributed by atoms with Crippen molar-refractivity contribution in [3.63, 3.8) is 0 Å². The Bertz CT molecular complexity index is 481. The predicted molar refractivity (Wildman–Crippen MR) is 70.8 cm³/mol. The fourth-order valence-corrected chi connectivity index (χ4v) is 1.66. The Morgan fingerprint density at radius 2 is 1.95 bits per heavy atom. The van der Waals surface area contributed by atoms with Crippen LogP contribution in [0.4, 0.5) is 4.79 Å². The molecule has 0 radical (unpaired) electrons. The fourth-order valence-electron chi connectivity index (χ4n) is 1.66. The second-order valence-electron chi connectivity index (χ2n) is 5.52. The molecule has 1 aromatic rings. The average molecular weight is 281 g/mol. The topological polar surface area (TPSA) is 73.8 Å². The molecule has 1 fully saturated rings. The maximum atomic E-state index is 11.7. The van der Waals surface area contributed by atoms with Crippen molar-refractivity contribution >= 4 is 6.09 Å². The van der Waals surface area contributed by atoms with Crippen LogP contribution in [0.3, 0.4) is 0 Å². The lowest BCUT2D eigenvalue weighted by Crippen LogP contribution is -2.57. The summed E-state index contributed by atoms with van der Waals surface area (Å²) >= 11 is 0. The first kappa shape index (κ1) is 14.4. The summed E-state index contributed by atoms with van der Waals surface area (Å²) in [7, 11) is 1.53. The monoisotopic (exact) mass is 281 g/mol. The van der Waals surface area contributed by atoms with Gasteiger partial charge in [-0.2, -0.15) is 0 Å². The molecule has 0 N–H and O–H groups in total. The molecule has 2 rings (SSSR count). The average Bonchev–Trinajstić information content (AvgIpc) is 2.31. The van der Waals surface area contributed by atoms with E-state index in [1.807, 2.05) is 20.8 Å². The van der Waals surface area contributed by atoms with E-state index in [9.17, 15) is 4.79 Å². The highest BCUT2D eigenvalue weighted by molar-refractivity contribution is 5.69. The summed E-state index contributed by atoms with van der Waals surface area (Å²) in [5.74, 6) is 0.879. The van der Waals surface area contributed by atoms with E-state index in [0.29, 0.717) is 24.8 Å². The van der Waals surface area contributed by atoms with Gasteiger partial charge >= 0.3 is 6.09 Å². The first-order valence-corrected chi connectivity index (χ1v) is 6.38. The van der Waals surface area contributed by atoms with Gasteiger partial charge in [-0.05, 0) is 20.8 Å². The minimum atomic E-state index is -0.483. The summed E-state index contributed by atoms with van der Waals surface area (Å²) in [6.07, 6.45) is 0.970. The van der Waals surface area contributed by atoms with Crippen molar-refractivity contribution in [2.75, 3.05) is 20.2 Å². The van der Waals surface area contributed by atoms with Crippen LogP contribution in [-0.4, -0.2) is 52.9 Å². The van der Waals surface area contributed by atoms with E-state index in [0.717, 1.165) is 0 Å². The molecule has 7 heteroatoms. The van der Waals surface area contributed by atoms with Crippen LogP contribution in [0.1, 0.15) is 20.8 Å². The number of rotatable bonds is 3. The second kappa shape index (κ2) is 5.52. The van der Waals surface area contributed by atoms with Crippen molar-refractivity contribution in [1.82, 2.24) is 14.9 Å². The van der Waals surface area contributed by atoms with Gasteiger partial charge in [0.15, 0.2) is 0 Å².